The van der Waals surface area contributed by atoms with Gasteiger partial charge in [0.2, 0.25) is 0 Å². The Bertz CT molecular complexity index is 1590. The summed E-state index contributed by atoms with van der Waals surface area (Å²) >= 11 is 6.57. The predicted octanol–water partition coefficient (Wildman–Crippen LogP) is 3.61. The summed E-state index contributed by atoms with van der Waals surface area (Å²) in [5, 5.41) is 10.4. The zero-order valence-corrected chi connectivity index (χ0v) is 21.6. The minimum atomic E-state index is -2.30. The maximum atomic E-state index is 12.0. The molecule has 1 aromatic carbocycles. The maximum Gasteiger partial charge on any atom is 0.296 e. The van der Waals surface area contributed by atoms with Crippen molar-refractivity contribution in [1.29, 1.82) is 0 Å². The standard InChI is InChI=1S/C25H24ClN5O5S/c1-37(2,33)31-20-5-3-4-16(27-20)13-6-8-14(9-7-13)21-15(26)10-17-24(29-21)30-25(28-17)36-19-12-35-22-18(32)11-34-23(19)22/h3-10,18-19,22-23,32H,11-12H2,1-2H3,(H,28,29,30)/t18-,19-,22-,23-/m1/s1. The number of benzene rings is 1. The molecule has 2 aliphatic heterocycles. The second-order valence-corrected chi connectivity index (χ2v) is 12.2. The molecular weight excluding hydrogens is 518 g/mol. The fourth-order valence-electron chi connectivity index (χ4n) is 4.50. The van der Waals surface area contributed by atoms with Crippen molar-refractivity contribution in [3.05, 3.63) is 53.6 Å². The Morgan fingerprint density at radius 3 is 2.59 bits per heavy atom. The highest BCUT2D eigenvalue weighted by Gasteiger charge is 2.48. The molecule has 4 atom stereocenters. The fourth-order valence-corrected chi connectivity index (χ4v) is 5.31. The number of aliphatic hydroxyl groups is 1. The molecule has 0 spiro atoms. The first-order valence-corrected chi connectivity index (χ1v) is 14.3. The molecule has 5 heterocycles. The van der Waals surface area contributed by atoms with E-state index in [4.69, 9.17) is 25.8 Å². The van der Waals surface area contributed by atoms with Gasteiger partial charge in [-0.1, -0.05) is 41.9 Å². The minimum absolute atomic E-state index is 0.227. The number of fused-ring (bicyclic) bond motifs is 2. The van der Waals surface area contributed by atoms with Crippen LogP contribution in [0.25, 0.3) is 33.7 Å². The lowest BCUT2D eigenvalue weighted by Gasteiger charge is -2.15. The number of aromatic amines is 1. The van der Waals surface area contributed by atoms with Crippen molar-refractivity contribution < 1.29 is 23.5 Å². The molecule has 2 saturated heterocycles. The Balaban J connectivity index is 1.24. The Labute approximate surface area is 218 Å². The van der Waals surface area contributed by atoms with Crippen LogP contribution in [0.4, 0.5) is 5.82 Å². The van der Waals surface area contributed by atoms with Crippen LogP contribution in [0.5, 0.6) is 6.01 Å². The maximum absolute atomic E-state index is 12.0. The Kier molecular flexibility index (Phi) is 6.12. The van der Waals surface area contributed by atoms with Crippen molar-refractivity contribution in [2.75, 3.05) is 25.7 Å². The van der Waals surface area contributed by atoms with E-state index in [-0.39, 0.29) is 30.9 Å². The number of aliphatic hydroxyl groups excluding tert-OH is 1. The summed E-state index contributed by atoms with van der Waals surface area (Å²) in [4.78, 5) is 16.7. The van der Waals surface area contributed by atoms with Crippen LogP contribution in [0, 0.1) is 0 Å². The molecule has 0 radical (unpaired) electrons. The van der Waals surface area contributed by atoms with Gasteiger partial charge < -0.3 is 24.3 Å². The number of imidazole rings is 1. The second kappa shape index (κ2) is 9.34. The monoisotopic (exact) mass is 541 g/mol. The average Bonchev–Trinajstić information content (AvgIpc) is 3.54. The van der Waals surface area contributed by atoms with Gasteiger partial charge in [-0.2, -0.15) is 9.35 Å². The van der Waals surface area contributed by atoms with Gasteiger partial charge in [0.25, 0.3) is 6.01 Å². The van der Waals surface area contributed by atoms with Gasteiger partial charge in [-0.3, -0.25) is 0 Å². The van der Waals surface area contributed by atoms with Crippen LogP contribution < -0.4 is 4.74 Å². The van der Waals surface area contributed by atoms with Crippen LogP contribution in [0.15, 0.2) is 52.9 Å². The summed E-state index contributed by atoms with van der Waals surface area (Å²) in [6, 6.07) is 15.1. The van der Waals surface area contributed by atoms with E-state index in [0.717, 1.165) is 16.8 Å². The molecule has 2 fully saturated rings. The number of aromatic nitrogens is 4. The minimum Gasteiger partial charge on any atom is -0.456 e. The molecule has 0 saturated carbocycles. The molecular formula is C25H24ClN5O5S. The van der Waals surface area contributed by atoms with E-state index in [2.05, 4.69) is 24.3 Å². The number of halogens is 1. The van der Waals surface area contributed by atoms with Gasteiger partial charge in [0.15, 0.2) is 17.6 Å². The molecule has 0 unspecified atom stereocenters. The van der Waals surface area contributed by atoms with Crippen LogP contribution in [0.2, 0.25) is 5.02 Å². The quantitative estimate of drug-likeness (QED) is 0.391. The first-order chi connectivity index (χ1) is 17.7. The summed E-state index contributed by atoms with van der Waals surface area (Å²) in [5.41, 5.74) is 4.09. The third-order valence-corrected chi connectivity index (χ3v) is 7.07. The van der Waals surface area contributed by atoms with Crippen LogP contribution in [0.3, 0.4) is 0 Å². The number of hydrogen-bond donors (Lipinski definition) is 2. The van der Waals surface area contributed by atoms with Gasteiger partial charge in [0, 0.05) is 33.4 Å². The van der Waals surface area contributed by atoms with Gasteiger partial charge in [-0.15, -0.1) is 0 Å². The lowest BCUT2D eigenvalue weighted by molar-refractivity contribution is 0.00706. The molecule has 0 aliphatic carbocycles. The predicted molar refractivity (Wildman–Crippen MR) is 140 cm³/mol. The van der Waals surface area contributed by atoms with E-state index in [1.807, 2.05) is 36.4 Å². The SMILES string of the molecule is CS(C)(=O)=Nc1cccc(-c2ccc(-c3nc4nc(O[C@@H]5CO[C@H]6[C@@H]5OC[C@H]6O)[nH]c4cc3Cl)cc2)n1. The average molecular weight is 542 g/mol. The van der Waals surface area contributed by atoms with Crippen molar-refractivity contribution in [2.45, 2.75) is 24.4 Å². The van der Waals surface area contributed by atoms with Crippen molar-refractivity contribution >= 4 is 38.3 Å². The topological polar surface area (TPSA) is 132 Å². The van der Waals surface area contributed by atoms with Crippen molar-refractivity contribution in [2.24, 2.45) is 4.36 Å². The lowest BCUT2D eigenvalue weighted by Crippen LogP contribution is -2.34. The number of ether oxygens (including phenoxy) is 3. The van der Waals surface area contributed by atoms with Gasteiger partial charge in [0.05, 0.1) is 35.1 Å². The number of nitrogens with one attached hydrogen (secondary N) is 1. The van der Waals surface area contributed by atoms with Crippen LogP contribution >= 0.6 is 11.6 Å². The van der Waals surface area contributed by atoms with E-state index in [1.165, 1.54) is 0 Å². The molecule has 192 valence electrons. The first-order valence-electron chi connectivity index (χ1n) is 11.6. The van der Waals surface area contributed by atoms with E-state index < -0.39 is 15.8 Å². The number of hydrogen-bond acceptors (Lipinski definition) is 9. The molecule has 37 heavy (non-hydrogen) atoms. The zero-order valence-electron chi connectivity index (χ0n) is 20.0. The van der Waals surface area contributed by atoms with E-state index in [9.17, 15) is 9.32 Å². The highest BCUT2D eigenvalue weighted by molar-refractivity contribution is 7.92. The molecule has 2 aliphatic rings. The van der Waals surface area contributed by atoms with Crippen molar-refractivity contribution in [1.82, 2.24) is 19.9 Å². The first kappa shape index (κ1) is 24.3. The molecule has 10 nitrogen and oxygen atoms in total. The number of rotatable bonds is 5. The zero-order chi connectivity index (χ0) is 25.7. The van der Waals surface area contributed by atoms with Crippen molar-refractivity contribution in [3.63, 3.8) is 0 Å². The number of nitrogens with zero attached hydrogens (tertiary/aromatic N) is 4. The van der Waals surface area contributed by atoms with Gasteiger partial charge in [-0.05, 0) is 18.2 Å². The number of pyridine rings is 2. The molecule has 3 aromatic heterocycles. The van der Waals surface area contributed by atoms with Gasteiger partial charge in [-0.25, -0.2) is 14.2 Å². The summed E-state index contributed by atoms with van der Waals surface area (Å²) in [7, 11) is -2.30. The van der Waals surface area contributed by atoms with Crippen LogP contribution in [0.1, 0.15) is 0 Å². The fraction of sp³-hybridized carbons (Fsp3) is 0.320. The Morgan fingerprint density at radius 2 is 1.81 bits per heavy atom. The van der Waals surface area contributed by atoms with Gasteiger partial charge in [0.1, 0.15) is 18.3 Å². The van der Waals surface area contributed by atoms with Gasteiger partial charge >= 0.3 is 0 Å². The van der Waals surface area contributed by atoms with E-state index in [0.29, 0.717) is 34.3 Å². The highest BCUT2D eigenvalue weighted by atomic mass is 35.5. The molecule has 12 heteroatoms. The highest BCUT2D eigenvalue weighted by Crippen LogP contribution is 2.33. The molecule has 4 aromatic rings. The summed E-state index contributed by atoms with van der Waals surface area (Å²) < 4.78 is 33.4. The normalized spacial score (nSPS) is 23.4. The third kappa shape index (κ3) is 4.92. The summed E-state index contributed by atoms with van der Waals surface area (Å²) in [6.07, 6.45) is 1.39. The largest absolute Gasteiger partial charge is 0.456 e. The molecule has 6 rings (SSSR count). The van der Waals surface area contributed by atoms with E-state index in [1.54, 1.807) is 24.6 Å². The second-order valence-electron chi connectivity index (χ2n) is 9.28. The third-order valence-electron chi connectivity index (χ3n) is 6.15. The number of H-pyrrole nitrogens is 1. The van der Waals surface area contributed by atoms with Crippen LogP contribution in [-0.2, 0) is 19.2 Å². The summed E-state index contributed by atoms with van der Waals surface area (Å²) in [6.45, 7) is 0.529. The molecule has 0 bridgehead atoms. The smallest absolute Gasteiger partial charge is 0.296 e. The van der Waals surface area contributed by atoms with Crippen molar-refractivity contribution in [3.8, 4) is 28.5 Å². The lowest BCUT2D eigenvalue weighted by atomic mass is 10.1. The molecule has 0 amide bonds. The van der Waals surface area contributed by atoms with Crippen LogP contribution in [-0.4, -0.2) is 79.4 Å². The summed E-state index contributed by atoms with van der Waals surface area (Å²) in [5.74, 6) is 0.429. The molecule has 2 N–H and O–H groups in total. The van der Waals surface area contributed by atoms with E-state index >= 15 is 0 Å². The Morgan fingerprint density at radius 1 is 1.05 bits per heavy atom. The Hall–Kier alpha value is -3.09.